The molecule has 3 aromatic rings. The van der Waals surface area contributed by atoms with Gasteiger partial charge >= 0.3 is 5.97 Å². The molecule has 8 heteroatoms. The van der Waals surface area contributed by atoms with Crippen LogP contribution in [0.3, 0.4) is 0 Å². The van der Waals surface area contributed by atoms with E-state index >= 15 is 0 Å². The van der Waals surface area contributed by atoms with Crippen LogP contribution >= 0.6 is 13.5 Å². The van der Waals surface area contributed by atoms with Crippen molar-refractivity contribution >= 4 is 31.0 Å². The van der Waals surface area contributed by atoms with E-state index in [4.69, 9.17) is 16.4 Å². The van der Waals surface area contributed by atoms with Crippen molar-refractivity contribution in [2.45, 2.75) is 32.4 Å². The Labute approximate surface area is 231 Å². The van der Waals surface area contributed by atoms with E-state index in [1.165, 1.54) is 5.56 Å². The highest BCUT2D eigenvalue weighted by atomic mass is 32.1. The van der Waals surface area contributed by atoms with Crippen molar-refractivity contribution in [3.05, 3.63) is 95.0 Å². The fraction of sp³-hybridized carbons (Fsp3) is 0.300. The molecule has 1 aliphatic rings. The highest BCUT2D eigenvalue weighted by Crippen LogP contribution is 2.23. The van der Waals surface area contributed by atoms with Crippen molar-refractivity contribution in [1.82, 2.24) is 9.88 Å². The van der Waals surface area contributed by atoms with E-state index in [0.717, 1.165) is 55.4 Å². The van der Waals surface area contributed by atoms with Crippen LogP contribution in [0.15, 0.2) is 66.9 Å². The molecule has 1 aliphatic heterocycles. The fourth-order valence-electron chi connectivity index (χ4n) is 4.33. The fourth-order valence-corrected chi connectivity index (χ4v) is 4.33. The zero-order chi connectivity index (χ0) is 26.0. The van der Waals surface area contributed by atoms with Crippen LogP contribution in [-0.2, 0) is 17.9 Å². The SMILES string of the molecule is S.[C-]#[N+]c1ccc(N2CCN(Cc3ccc(COc4ccc([C@@H](C#CC)CC(=O)O)cc4)cc3)CC2)nc1. The molecular weight excluding hydrogens is 496 g/mol. The number of aliphatic carboxylic acids is 1. The first-order chi connectivity index (χ1) is 18.0. The van der Waals surface area contributed by atoms with Gasteiger partial charge in [0, 0.05) is 38.9 Å². The minimum atomic E-state index is -0.861. The van der Waals surface area contributed by atoms with Gasteiger partial charge in [0.2, 0.25) is 5.69 Å². The van der Waals surface area contributed by atoms with E-state index in [1.807, 2.05) is 36.4 Å². The number of anilines is 1. The summed E-state index contributed by atoms with van der Waals surface area (Å²) in [5, 5.41) is 9.11. The van der Waals surface area contributed by atoms with Gasteiger partial charge in [-0.25, -0.2) is 4.85 Å². The van der Waals surface area contributed by atoms with Gasteiger partial charge in [0.1, 0.15) is 18.2 Å². The molecule has 1 aromatic heterocycles. The highest BCUT2D eigenvalue weighted by molar-refractivity contribution is 7.59. The molecule has 2 heterocycles. The Hall–Kier alpha value is -3.98. The van der Waals surface area contributed by atoms with Crippen molar-refractivity contribution in [3.8, 4) is 17.6 Å². The van der Waals surface area contributed by atoms with E-state index in [0.29, 0.717) is 12.3 Å². The number of hydrogen-bond acceptors (Lipinski definition) is 5. The van der Waals surface area contributed by atoms with E-state index in [2.05, 4.69) is 55.7 Å². The number of hydrogen-bond donors (Lipinski definition) is 1. The molecule has 0 spiro atoms. The molecule has 0 amide bonds. The van der Waals surface area contributed by atoms with Gasteiger partial charge in [0.15, 0.2) is 0 Å². The molecule has 1 saturated heterocycles. The summed E-state index contributed by atoms with van der Waals surface area (Å²) in [7, 11) is 0. The van der Waals surface area contributed by atoms with Crippen molar-refractivity contribution in [1.29, 1.82) is 0 Å². The van der Waals surface area contributed by atoms with Crippen molar-refractivity contribution in [3.63, 3.8) is 0 Å². The topological polar surface area (TPSA) is 70.3 Å². The molecular formula is C30H32N4O3S. The summed E-state index contributed by atoms with van der Waals surface area (Å²) in [5.41, 5.74) is 3.80. The third-order valence-corrected chi connectivity index (χ3v) is 6.37. The number of piperazine rings is 1. The Bertz CT molecular complexity index is 1290. The summed E-state index contributed by atoms with van der Waals surface area (Å²) in [6, 6.07) is 19.7. The molecule has 38 heavy (non-hydrogen) atoms. The molecule has 1 fully saturated rings. The van der Waals surface area contributed by atoms with Crippen LogP contribution in [-0.4, -0.2) is 47.1 Å². The lowest BCUT2D eigenvalue weighted by Gasteiger charge is -2.35. The zero-order valence-corrected chi connectivity index (χ0v) is 22.4. The van der Waals surface area contributed by atoms with Crippen LogP contribution in [0, 0.1) is 18.4 Å². The molecule has 4 rings (SSSR count). The van der Waals surface area contributed by atoms with Gasteiger partial charge in [-0.05, 0) is 41.8 Å². The third kappa shape index (κ3) is 8.01. The van der Waals surface area contributed by atoms with Crippen LogP contribution in [0.2, 0.25) is 0 Å². The summed E-state index contributed by atoms with van der Waals surface area (Å²) in [6.07, 6.45) is 1.62. The normalized spacial score (nSPS) is 13.8. The van der Waals surface area contributed by atoms with Gasteiger partial charge in [-0.3, -0.25) is 14.7 Å². The van der Waals surface area contributed by atoms with Gasteiger partial charge in [0.05, 0.1) is 18.9 Å². The van der Waals surface area contributed by atoms with Crippen molar-refractivity contribution in [2.24, 2.45) is 0 Å². The Morgan fingerprint density at radius 3 is 2.32 bits per heavy atom. The summed E-state index contributed by atoms with van der Waals surface area (Å²) in [4.78, 5) is 23.6. The maximum absolute atomic E-state index is 11.1. The summed E-state index contributed by atoms with van der Waals surface area (Å²) < 4.78 is 5.94. The highest BCUT2D eigenvalue weighted by Gasteiger charge is 2.18. The Kier molecular flexibility index (Phi) is 10.6. The predicted molar refractivity (Wildman–Crippen MR) is 154 cm³/mol. The number of ether oxygens (including phenoxy) is 1. The van der Waals surface area contributed by atoms with Gasteiger partial charge < -0.3 is 14.7 Å². The summed E-state index contributed by atoms with van der Waals surface area (Å²) >= 11 is 0. The molecule has 0 saturated carbocycles. The standard InChI is InChI=1S/C30H30N4O3.H2S/c1-3-4-26(19-30(35)36)25-9-12-28(13-10-25)37-22-24-7-5-23(6-8-24)21-33-15-17-34(18-16-33)29-14-11-27(31-2)20-32-29;/h5-14,20,26H,15-19,21-22H2,1H3,(H,35,36);1H2/t26-;/m0./s1. The number of carboxylic acids is 1. The van der Waals surface area contributed by atoms with E-state index in [9.17, 15) is 4.79 Å². The monoisotopic (exact) mass is 528 g/mol. The lowest BCUT2D eigenvalue weighted by molar-refractivity contribution is -0.137. The molecule has 1 atom stereocenters. The van der Waals surface area contributed by atoms with Gasteiger partial charge in [-0.1, -0.05) is 48.4 Å². The minimum Gasteiger partial charge on any atom is -0.489 e. The Morgan fingerprint density at radius 1 is 1.05 bits per heavy atom. The van der Waals surface area contributed by atoms with Crippen molar-refractivity contribution in [2.75, 3.05) is 31.1 Å². The number of carbonyl (C=O) groups is 1. The second kappa shape index (κ2) is 14.1. The number of nitrogens with zero attached hydrogens (tertiary/aromatic N) is 4. The molecule has 0 bridgehead atoms. The van der Waals surface area contributed by atoms with E-state index in [1.54, 1.807) is 13.1 Å². The molecule has 1 N–H and O–H groups in total. The molecule has 0 unspecified atom stereocenters. The average molecular weight is 529 g/mol. The largest absolute Gasteiger partial charge is 0.489 e. The number of carboxylic acid groups (broad SMARTS) is 1. The maximum Gasteiger partial charge on any atom is 0.304 e. The summed E-state index contributed by atoms with van der Waals surface area (Å²) in [5.74, 6) is 6.27. The Balaban J connectivity index is 0.00000400. The van der Waals surface area contributed by atoms with Crippen LogP contribution in [0.5, 0.6) is 5.75 Å². The quantitative estimate of drug-likeness (QED) is 0.303. The van der Waals surface area contributed by atoms with Gasteiger partial charge in [-0.15, -0.1) is 5.92 Å². The van der Waals surface area contributed by atoms with Crippen LogP contribution in [0.25, 0.3) is 4.85 Å². The molecule has 2 aromatic carbocycles. The predicted octanol–water partition coefficient (Wildman–Crippen LogP) is 5.23. The second-order valence-electron chi connectivity index (χ2n) is 8.97. The third-order valence-electron chi connectivity index (χ3n) is 6.37. The lowest BCUT2D eigenvalue weighted by Crippen LogP contribution is -2.46. The molecule has 0 aliphatic carbocycles. The van der Waals surface area contributed by atoms with E-state index in [-0.39, 0.29) is 25.8 Å². The maximum atomic E-state index is 11.1. The van der Waals surface area contributed by atoms with E-state index < -0.39 is 5.97 Å². The molecule has 0 radical (unpaired) electrons. The van der Waals surface area contributed by atoms with Crippen LogP contribution < -0.4 is 9.64 Å². The van der Waals surface area contributed by atoms with Crippen LogP contribution in [0.4, 0.5) is 11.5 Å². The molecule has 196 valence electrons. The number of pyridine rings is 1. The second-order valence-corrected chi connectivity index (χ2v) is 8.97. The summed E-state index contributed by atoms with van der Waals surface area (Å²) in [6.45, 7) is 13.9. The van der Waals surface area contributed by atoms with Gasteiger partial charge in [0.25, 0.3) is 0 Å². The molecule has 7 nitrogen and oxygen atoms in total. The first-order valence-electron chi connectivity index (χ1n) is 12.3. The minimum absolute atomic E-state index is 0. The first kappa shape index (κ1) is 28.6. The lowest BCUT2D eigenvalue weighted by atomic mass is 9.96. The number of benzene rings is 2. The first-order valence-corrected chi connectivity index (χ1v) is 12.3. The zero-order valence-electron chi connectivity index (χ0n) is 21.4. The number of aromatic nitrogens is 1. The number of rotatable bonds is 9. The van der Waals surface area contributed by atoms with Crippen molar-refractivity contribution < 1.29 is 14.6 Å². The smallest absolute Gasteiger partial charge is 0.304 e. The van der Waals surface area contributed by atoms with Gasteiger partial charge in [-0.2, -0.15) is 13.5 Å². The average Bonchev–Trinajstić information content (AvgIpc) is 2.93. The van der Waals surface area contributed by atoms with Crippen LogP contribution in [0.1, 0.15) is 36.0 Å². The Morgan fingerprint density at radius 2 is 1.74 bits per heavy atom.